The van der Waals surface area contributed by atoms with Crippen LogP contribution in [-0.2, 0) is 0 Å². The molecule has 1 N–H and O–H groups in total. The van der Waals surface area contributed by atoms with E-state index in [4.69, 9.17) is 0 Å². The van der Waals surface area contributed by atoms with E-state index in [0.29, 0.717) is 11.8 Å². The Bertz CT molecular complexity index is 338. The molecule has 0 spiro atoms. The van der Waals surface area contributed by atoms with Crippen LogP contribution < -0.4 is 5.32 Å². The maximum Gasteiger partial charge on any atom is 0.00226 e. The standard InChI is InChI=1S/C18H29N/c1-15(2)18(17-10-4-3-5-11-17)14-19-13-12-16-8-6-7-9-16/h3-5,10-11,15-16,18-19H,6-9,12-14H2,1-2H3. The fraction of sp³-hybridized carbons (Fsp3) is 0.667. The van der Waals surface area contributed by atoms with Crippen molar-refractivity contribution in [2.45, 2.75) is 51.9 Å². The molecule has 1 fully saturated rings. The molecule has 1 aliphatic carbocycles. The van der Waals surface area contributed by atoms with Crippen LogP contribution in [0.5, 0.6) is 0 Å². The molecule has 0 heterocycles. The van der Waals surface area contributed by atoms with E-state index < -0.39 is 0 Å². The summed E-state index contributed by atoms with van der Waals surface area (Å²) in [5.41, 5.74) is 1.48. The number of hydrogen-bond acceptors (Lipinski definition) is 1. The van der Waals surface area contributed by atoms with Crippen LogP contribution in [0.3, 0.4) is 0 Å². The Morgan fingerprint density at radius 2 is 1.79 bits per heavy atom. The topological polar surface area (TPSA) is 12.0 Å². The lowest BCUT2D eigenvalue weighted by molar-refractivity contribution is 0.430. The molecule has 1 aromatic rings. The number of hydrogen-bond donors (Lipinski definition) is 1. The highest BCUT2D eigenvalue weighted by Gasteiger charge is 2.17. The van der Waals surface area contributed by atoms with Gasteiger partial charge in [-0.05, 0) is 36.3 Å². The summed E-state index contributed by atoms with van der Waals surface area (Å²) >= 11 is 0. The second-order valence-electron chi connectivity index (χ2n) is 6.40. The van der Waals surface area contributed by atoms with Crippen molar-refractivity contribution in [2.75, 3.05) is 13.1 Å². The molecule has 0 aromatic heterocycles. The quantitative estimate of drug-likeness (QED) is 0.706. The van der Waals surface area contributed by atoms with Gasteiger partial charge in [0, 0.05) is 6.54 Å². The first-order valence-corrected chi connectivity index (χ1v) is 8.03. The van der Waals surface area contributed by atoms with Crippen LogP contribution in [0.15, 0.2) is 30.3 Å². The molecule has 19 heavy (non-hydrogen) atoms. The number of rotatable bonds is 7. The van der Waals surface area contributed by atoms with Gasteiger partial charge < -0.3 is 5.32 Å². The van der Waals surface area contributed by atoms with E-state index in [9.17, 15) is 0 Å². The molecule has 0 bridgehead atoms. The molecule has 1 atom stereocenters. The third-order valence-electron chi connectivity index (χ3n) is 4.60. The molecule has 106 valence electrons. The van der Waals surface area contributed by atoms with E-state index in [1.807, 2.05) is 0 Å². The predicted molar refractivity (Wildman–Crippen MR) is 83.5 cm³/mol. The molecular weight excluding hydrogens is 230 g/mol. The molecule has 1 unspecified atom stereocenters. The number of nitrogens with one attached hydrogen (secondary N) is 1. The summed E-state index contributed by atoms with van der Waals surface area (Å²) in [5, 5.41) is 3.69. The maximum atomic E-state index is 3.69. The van der Waals surface area contributed by atoms with Gasteiger partial charge in [0.25, 0.3) is 0 Å². The van der Waals surface area contributed by atoms with E-state index in [1.165, 1.54) is 44.2 Å². The molecular formula is C18H29N. The van der Waals surface area contributed by atoms with Crippen LogP contribution in [0.1, 0.15) is 57.4 Å². The summed E-state index contributed by atoms with van der Waals surface area (Å²) in [6, 6.07) is 11.0. The zero-order valence-corrected chi connectivity index (χ0v) is 12.6. The average molecular weight is 259 g/mol. The van der Waals surface area contributed by atoms with Gasteiger partial charge >= 0.3 is 0 Å². The second-order valence-corrected chi connectivity index (χ2v) is 6.40. The SMILES string of the molecule is CC(C)C(CNCCC1CCCC1)c1ccccc1. The van der Waals surface area contributed by atoms with Crippen molar-refractivity contribution < 1.29 is 0 Å². The van der Waals surface area contributed by atoms with E-state index in [0.717, 1.165) is 12.5 Å². The van der Waals surface area contributed by atoms with E-state index in [1.54, 1.807) is 0 Å². The first-order valence-electron chi connectivity index (χ1n) is 8.03. The smallest absolute Gasteiger partial charge is 0.00226 e. The summed E-state index contributed by atoms with van der Waals surface area (Å²) in [6.07, 6.45) is 7.23. The molecule has 1 aromatic carbocycles. The van der Waals surface area contributed by atoms with Crippen molar-refractivity contribution in [3.8, 4) is 0 Å². The molecule has 1 nitrogen and oxygen atoms in total. The third kappa shape index (κ3) is 4.65. The fourth-order valence-corrected chi connectivity index (χ4v) is 3.30. The van der Waals surface area contributed by atoms with Gasteiger partial charge in [-0.1, -0.05) is 69.9 Å². The van der Waals surface area contributed by atoms with Crippen molar-refractivity contribution in [2.24, 2.45) is 11.8 Å². The fourth-order valence-electron chi connectivity index (χ4n) is 3.30. The Morgan fingerprint density at radius 3 is 2.42 bits per heavy atom. The molecule has 2 rings (SSSR count). The van der Waals surface area contributed by atoms with Gasteiger partial charge in [0.05, 0.1) is 0 Å². The molecule has 1 aliphatic rings. The summed E-state index contributed by atoms with van der Waals surface area (Å²) in [6.45, 7) is 6.97. The van der Waals surface area contributed by atoms with Gasteiger partial charge in [-0.25, -0.2) is 0 Å². The summed E-state index contributed by atoms with van der Waals surface area (Å²) in [4.78, 5) is 0. The van der Waals surface area contributed by atoms with Crippen LogP contribution in [-0.4, -0.2) is 13.1 Å². The van der Waals surface area contributed by atoms with E-state index in [-0.39, 0.29) is 0 Å². The predicted octanol–water partition coefficient (Wildman–Crippen LogP) is 4.60. The largest absolute Gasteiger partial charge is 0.316 e. The number of benzene rings is 1. The van der Waals surface area contributed by atoms with Crippen LogP contribution in [0, 0.1) is 11.8 Å². The first kappa shape index (κ1) is 14.6. The zero-order valence-electron chi connectivity index (χ0n) is 12.6. The molecule has 0 radical (unpaired) electrons. The summed E-state index contributed by atoms with van der Waals surface area (Å²) in [7, 11) is 0. The van der Waals surface area contributed by atoms with Crippen LogP contribution in [0.4, 0.5) is 0 Å². The van der Waals surface area contributed by atoms with Gasteiger partial charge in [0.2, 0.25) is 0 Å². The molecule has 0 aliphatic heterocycles. The van der Waals surface area contributed by atoms with Gasteiger partial charge in [0.1, 0.15) is 0 Å². The Kier molecular flexibility index (Phi) is 5.91. The second kappa shape index (κ2) is 7.69. The molecule has 0 saturated heterocycles. The Balaban J connectivity index is 1.74. The van der Waals surface area contributed by atoms with Crippen LogP contribution in [0.25, 0.3) is 0 Å². The Labute approximate surface area is 118 Å². The normalized spacial score (nSPS) is 18.1. The minimum Gasteiger partial charge on any atom is -0.316 e. The van der Waals surface area contributed by atoms with Gasteiger partial charge in [-0.15, -0.1) is 0 Å². The van der Waals surface area contributed by atoms with Crippen LogP contribution >= 0.6 is 0 Å². The lowest BCUT2D eigenvalue weighted by atomic mass is 9.88. The Morgan fingerprint density at radius 1 is 1.11 bits per heavy atom. The van der Waals surface area contributed by atoms with Gasteiger partial charge in [0.15, 0.2) is 0 Å². The molecule has 1 heteroatoms. The summed E-state index contributed by atoms with van der Waals surface area (Å²) < 4.78 is 0. The summed E-state index contributed by atoms with van der Waals surface area (Å²) in [5.74, 6) is 2.34. The monoisotopic (exact) mass is 259 g/mol. The van der Waals surface area contributed by atoms with Crippen molar-refractivity contribution in [1.29, 1.82) is 0 Å². The van der Waals surface area contributed by atoms with E-state index in [2.05, 4.69) is 49.5 Å². The third-order valence-corrected chi connectivity index (χ3v) is 4.60. The highest BCUT2D eigenvalue weighted by atomic mass is 14.9. The lowest BCUT2D eigenvalue weighted by Gasteiger charge is -2.22. The average Bonchev–Trinajstić information content (AvgIpc) is 2.92. The van der Waals surface area contributed by atoms with Crippen molar-refractivity contribution in [3.05, 3.63) is 35.9 Å². The first-order chi connectivity index (χ1) is 9.27. The highest BCUT2D eigenvalue weighted by Crippen LogP contribution is 2.27. The zero-order chi connectivity index (χ0) is 13.5. The van der Waals surface area contributed by atoms with Crippen molar-refractivity contribution in [3.63, 3.8) is 0 Å². The van der Waals surface area contributed by atoms with E-state index >= 15 is 0 Å². The Hall–Kier alpha value is -0.820. The minimum atomic E-state index is 0.643. The van der Waals surface area contributed by atoms with Crippen molar-refractivity contribution in [1.82, 2.24) is 5.32 Å². The van der Waals surface area contributed by atoms with Gasteiger partial charge in [-0.2, -0.15) is 0 Å². The van der Waals surface area contributed by atoms with Gasteiger partial charge in [-0.3, -0.25) is 0 Å². The minimum absolute atomic E-state index is 0.643. The highest BCUT2D eigenvalue weighted by molar-refractivity contribution is 5.20. The lowest BCUT2D eigenvalue weighted by Crippen LogP contribution is -2.26. The molecule has 1 saturated carbocycles. The van der Waals surface area contributed by atoms with Crippen molar-refractivity contribution >= 4 is 0 Å². The van der Waals surface area contributed by atoms with Crippen LogP contribution in [0.2, 0.25) is 0 Å². The molecule has 0 amide bonds. The maximum absolute atomic E-state index is 3.69.